The minimum Gasteiger partial charge on any atom is -0.151 e. The molecule has 0 bridgehead atoms. The molecule has 0 heterocycles. The largest absolute Gasteiger partial charge is 0.151 e. The lowest BCUT2D eigenvalue weighted by Crippen LogP contribution is -2.13. The van der Waals surface area contributed by atoms with Gasteiger partial charge in [0.1, 0.15) is 0 Å². The number of alkyl halides is 1. The summed E-state index contributed by atoms with van der Waals surface area (Å²) in [4.78, 5) is -0.272. The Morgan fingerprint density at radius 2 is 1.94 bits per heavy atom. The molecule has 0 spiro atoms. The molecule has 2 nitrogen and oxygen atoms in total. The summed E-state index contributed by atoms with van der Waals surface area (Å²) >= 11 is 6.15. The van der Waals surface area contributed by atoms with Gasteiger partial charge in [0.05, 0.1) is 16.3 Å². The van der Waals surface area contributed by atoms with Crippen LogP contribution in [-0.2, 0) is 0 Å². The molecule has 1 aromatic rings. The predicted octanol–water partition coefficient (Wildman–Crippen LogP) is 4.61. The third kappa shape index (κ3) is 3.04. The molecular formula is C13H13ClN2. The van der Waals surface area contributed by atoms with Crippen molar-refractivity contribution < 1.29 is 0 Å². The molecule has 1 aliphatic rings. The van der Waals surface area contributed by atoms with Crippen LogP contribution in [0.3, 0.4) is 0 Å². The van der Waals surface area contributed by atoms with E-state index in [0.717, 1.165) is 17.8 Å². The van der Waals surface area contributed by atoms with Crippen molar-refractivity contribution in [2.75, 3.05) is 0 Å². The molecule has 2 rings (SSSR count). The van der Waals surface area contributed by atoms with E-state index in [0.29, 0.717) is 0 Å². The quantitative estimate of drug-likeness (QED) is 0.526. The Balaban J connectivity index is 2.05. The van der Waals surface area contributed by atoms with Crippen LogP contribution in [0.4, 0.5) is 5.69 Å². The van der Waals surface area contributed by atoms with Gasteiger partial charge in [-0.1, -0.05) is 30.4 Å². The van der Waals surface area contributed by atoms with E-state index in [1.165, 1.54) is 0 Å². The Bertz CT molecular complexity index is 444. The maximum absolute atomic E-state index is 6.15. The normalized spacial score (nSPS) is 24.8. The summed E-state index contributed by atoms with van der Waals surface area (Å²) < 4.78 is 0. The van der Waals surface area contributed by atoms with Gasteiger partial charge in [0.2, 0.25) is 0 Å². The first-order valence-corrected chi connectivity index (χ1v) is 5.59. The van der Waals surface area contributed by atoms with Crippen LogP contribution < -0.4 is 0 Å². The zero-order valence-electron chi connectivity index (χ0n) is 9.10. The van der Waals surface area contributed by atoms with E-state index >= 15 is 0 Å². The third-order valence-corrected chi connectivity index (χ3v) is 2.63. The van der Waals surface area contributed by atoms with E-state index in [-0.39, 0.29) is 4.87 Å². The lowest BCUT2D eigenvalue weighted by Gasteiger charge is -2.18. The van der Waals surface area contributed by atoms with Gasteiger partial charge in [-0.15, -0.1) is 11.6 Å². The van der Waals surface area contributed by atoms with Gasteiger partial charge in [0.15, 0.2) is 0 Å². The first-order valence-electron chi connectivity index (χ1n) is 5.21. The molecule has 0 saturated heterocycles. The van der Waals surface area contributed by atoms with E-state index in [2.05, 4.69) is 10.2 Å². The molecule has 16 heavy (non-hydrogen) atoms. The van der Waals surface area contributed by atoms with Crippen molar-refractivity contribution in [3.63, 3.8) is 0 Å². The Hall–Kier alpha value is -1.41. The van der Waals surface area contributed by atoms with Gasteiger partial charge in [0, 0.05) is 0 Å². The summed E-state index contributed by atoms with van der Waals surface area (Å²) in [5, 5.41) is 8.30. The number of halogens is 1. The second-order valence-electron chi connectivity index (χ2n) is 3.98. The van der Waals surface area contributed by atoms with Crippen molar-refractivity contribution in [1.82, 2.24) is 0 Å². The highest BCUT2D eigenvalue weighted by Crippen LogP contribution is 2.27. The SMILES string of the molecule is CC1(Cl)C=CC(N=Nc2ccccc2)=CC1. The van der Waals surface area contributed by atoms with Gasteiger partial charge < -0.3 is 0 Å². The third-order valence-electron chi connectivity index (χ3n) is 2.35. The minimum atomic E-state index is -0.272. The first-order chi connectivity index (χ1) is 7.66. The van der Waals surface area contributed by atoms with Crippen molar-refractivity contribution in [2.45, 2.75) is 18.2 Å². The molecule has 1 atom stereocenters. The van der Waals surface area contributed by atoms with Crippen LogP contribution in [0.1, 0.15) is 13.3 Å². The number of hydrogen-bond donors (Lipinski definition) is 0. The maximum Gasteiger partial charge on any atom is 0.0857 e. The van der Waals surface area contributed by atoms with E-state index in [1.807, 2.05) is 55.5 Å². The Morgan fingerprint density at radius 1 is 1.19 bits per heavy atom. The highest BCUT2D eigenvalue weighted by atomic mass is 35.5. The van der Waals surface area contributed by atoms with Crippen molar-refractivity contribution >= 4 is 17.3 Å². The summed E-state index contributed by atoms with van der Waals surface area (Å²) in [6.07, 6.45) is 6.64. The van der Waals surface area contributed by atoms with Crippen LogP contribution in [-0.4, -0.2) is 4.87 Å². The number of benzene rings is 1. The smallest absolute Gasteiger partial charge is 0.0857 e. The van der Waals surface area contributed by atoms with Gasteiger partial charge in [0.25, 0.3) is 0 Å². The zero-order valence-corrected chi connectivity index (χ0v) is 9.85. The van der Waals surface area contributed by atoms with Crippen LogP contribution in [0.2, 0.25) is 0 Å². The van der Waals surface area contributed by atoms with E-state index < -0.39 is 0 Å². The molecule has 82 valence electrons. The van der Waals surface area contributed by atoms with E-state index in [1.54, 1.807) is 0 Å². The monoisotopic (exact) mass is 232 g/mol. The summed E-state index contributed by atoms with van der Waals surface area (Å²) in [5.74, 6) is 0. The topological polar surface area (TPSA) is 24.7 Å². The molecule has 0 radical (unpaired) electrons. The van der Waals surface area contributed by atoms with E-state index in [9.17, 15) is 0 Å². The number of rotatable bonds is 2. The molecule has 1 aromatic carbocycles. The second-order valence-corrected chi connectivity index (χ2v) is 4.84. The van der Waals surface area contributed by atoms with Crippen molar-refractivity contribution in [3.05, 3.63) is 54.3 Å². The molecule has 0 aliphatic heterocycles. The fourth-order valence-corrected chi connectivity index (χ4v) is 1.52. The van der Waals surface area contributed by atoms with Gasteiger partial charge in [-0.3, -0.25) is 0 Å². The van der Waals surface area contributed by atoms with Gasteiger partial charge in [-0.25, -0.2) is 0 Å². The molecule has 1 aliphatic carbocycles. The second kappa shape index (κ2) is 4.62. The van der Waals surface area contributed by atoms with Crippen LogP contribution in [0.5, 0.6) is 0 Å². The van der Waals surface area contributed by atoms with Crippen molar-refractivity contribution in [2.24, 2.45) is 10.2 Å². The highest BCUT2D eigenvalue weighted by molar-refractivity contribution is 6.25. The number of nitrogens with zero attached hydrogens (tertiary/aromatic N) is 2. The van der Waals surface area contributed by atoms with Gasteiger partial charge >= 0.3 is 0 Å². The molecule has 3 heteroatoms. The summed E-state index contributed by atoms with van der Waals surface area (Å²) in [5.41, 5.74) is 1.72. The first kappa shape index (κ1) is 11.1. The Labute approximate surface area is 100 Å². The molecule has 0 N–H and O–H groups in total. The van der Waals surface area contributed by atoms with Crippen molar-refractivity contribution in [1.29, 1.82) is 0 Å². The average molecular weight is 233 g/mol. The summed E-state index contributed by atoms with van der Waals surface area (Å²) in [6, 6.07) is 9.67. The van der Waals surface area contributed by atoms with Crippen LogP contribution in [0, 0.1) is 0 Å². The van der Waals surface area contributed by atoms with Crippen molar-refractivity contribution in [3.8, 4) is 0 Å². The fraction of sp³-hybridized carbons (Fsp3) is 0.231. The average Bonchev–Trinajstić information content (AvgIpc) is 2.29. The Morgan fingerprint density at radius 3 is 2.56 bits per heavy atom. The fourth-order valence-electron chi connectivity index (χ4n) is 1.38. The molecule has 0 aromatic heterocycles. The number of azo groups is 1. The molecule has 0 fully saturated rings. The molecule has 0 amide bonds. The number of hydrogen-bond acceptors (Lipinski definition) is 2. The standard InChI is InChI=1S/C13H13ClN2/c1-13(14)9-7-12(8-10-13)16-15-11-5-3-2-4-6-11/h2-9H,10H2,1H3. The molecule has 0 saturated carbocycles. The van der Waals surface area contributed by atoms with Gasteiger partial charge in [-0.05, 0) is 31.6 Å². The van der Waals surface area contributed by atoms with Crippen LogP contribution in [0.25, 0.3) is 0 Å². The zero-order chi connectivity index (χ0) is 11.4. The number of allylic oxidation sites excluding steroid dienone is 3. The lowest BCUT2D eigenvalue weighted by molar-refractivity contribution is 0.773. The van der Waals surface area contributed by atoms with Gasteiger partial charge in [-0.2, -0.15) is 10.2 Å². The summed E-state index contributed by atoms with van der Waals surface area (Å²) in [6.45, 7) is 1.98. The lowest BCUT2D eigenvalue weighted by atomic mass is 10.0. The van der Waals surface area contributed by atoms with E-state index in [4.69, 9.17) is 11.6 Å². The highest BCUT2D eigenvalue weighted by Gasteiger charge is 2.18. The maximum atomic E-state index is 6.15. The minimum absolute atomic E-state index is 0.272. The Kier molecular flexibility index (Phi) is 3.20. The summed E-state index contributed by atoms with van der Waals surface area (Å²) in [7, 11) is 0. The van der Waals surface area contributed by atoms with Crippen LogP contribution in [0.15, 0.2) is 64.5 Å². The molecular weight excluding hydrogens is 220 g/mol. The van der Waals surface area contributed by atoms with Crippen LogP contribution >= 0.6 is 11.6 Å². The predicted molar refractivity (Wildman–Crippen MR) is 67.1 cm³/mol. The molecule has 1 unspecified atom stereocenters.